The normalized spacial score (nSPS) is 20.6. The van der Waals surface area contributed by atoms with E-state index in [1.165, 1.54) is 0 Å². The molecule has 31 heavy (non-hydrogen) atoms. The van der Waals surface area contributed by atoms with E-state index in [9.17, 15) is 14.4 Å². The molecule has 4 rings (SSSR count). The van der Waals surface area contributed by atoms with Crippen LogP contribution in [0, 0.1) is 0 Å². The van der Waals surface area contributed by atoms with Gasteiger partial charge in [-0.1, -0.05) is 0 Å². The van der Waals surface area contributed by atoms with E-state index in [2.05, 4.69) is 27.5 Å². The van der Waals surface area contributed by atoms with Crippen molar-refractivity contribution in [1.82, 2.24) is 9.97 Å². The summed E-state index contributed by atoms with van der Waals surface area (Å²) in [7, 11) is 0. The Morgan fingerprint density at radius 1 is 1.26 bits per heavy atom. The molecule has 0 bridgehead atoms. The predicted molar refractivity (Wildman–Crippen MR) is 118 cm³/mol. The van der Waals surface area contributed by atoms with Gasteiger partial charge < -0.3 is 20.3 Å². The molecule has 3 heterocycles. The smallest absolute Gasteiger partial charge is 0.258 e. The maximum absolute atomic E-state index is 13.0. The van der Waals surface area contributed by atoms with Gasteiger partial charge in [-0.05, 0) is 57.4 Å². The molecule has 9 heteroatoms. The highest BCUT2D eigenvalue weighted by Crippen LogP contribution is 2.31. The van der Waals surface area contributed by atoms with Crippen LogP contribution in [-0.4, -0.2) is 41.0 Å². The van der Waals surface area contributed by atoms with E-state index >= 15 is 0 Å². The maximum Gasteiger partial charge on any atom is 0.258 e. The molecular weight excluding hydrogens is 398 g/mol. The molecule has 164 valence electrons. The fourth-order valence-corrected chi connectivity index (χ4v) is 4.16. The number of H-pyrrole nitrogens is 1. The molecule has 1 saturated heterocycles. The Labute approximate surface area is 180 Å². The molecule has 0 aliphatic carbocycles. The number of fused-ring (bicyclic) bond motifs is 1. The monoisotopic (exact) mass is 425 g/mol. The second-order valence-electron chi connectivity index (χ2n) is 7.94. The summed E-state index contributed by atoms with van der Waals surface area (Å²) >= 11 is 0. The summed E-state index contributed by atoms with van der Waals surface area (Å²) in [5.74, 6) is -0.382. The number of aromatic amines is 1. The number of nitrogens with one attached hydrogen (secondary N) is 3. The van der Waals surface area contributed by atoms with Gasteiger partial charge in [0.25, 0.3) is 5.56 Å². The average molecular weight is 425 g/mol. The maximum atomic E-state index is 13.0. The summed E-state index contributed by atoms with van der Waals surface area (Å²) in [6.45, 7) is 5.32. The average Bonchev–Trinajstić information content (AvgIpc) is 2.74. The molecule has 0 spiro atoms. The zero-order valence-corrected chi connectivity index (χ0v) is 17.7. The first kappa shape index (κ1) is 20.9. The van der Waals surface area contributed by atoms with E-state index in [0.29, 0.717) is 24.0 Å². The number of anilines is 3. The quantitative estimate of drug-likeness (QED) is 0.678. The molecule has 2 unspecified atom stereocenters. The third-order valence-corrected chi connectivity index (χ3v) is 5.76. The van der Waals surface area contributed by atoms with Crippen molar-refractivity contribution in [3.05, 3.63) is 40.2 Å². The van der Waals surface area contributed by atoms with Crippen LogP contribution in [0.2, 0.25) is 0 Å². The fourth-order valence-electron chi connectivity index (χ4n) is 4.16. The number of rotatable bonds is 5. The van der Waals surface area contributed by atoms with Gasteiger partial charge in [-0.2, -0.15) is 4.98 Å². The minimum Gasteiger partial charge on any atom is -0.494 e. The molecule has 2 amide bonds. The summed E-state index contributed by atoms with van der Waals surface area (Å²) in [6, 6.07) is 7.18. The van der Waals surface area contributed by atoms with Gasteiger partial charge in [0.05, 0.1) is 18.1 Å². The fraction of sp³-hybridized carbons (Fsp3) is 0.455. The van der Waals surface area contributed by atoms with E-state index in [4.69, 9.17) is 4.74 Å². The van der Waals surface area contributed by atoms with Gasteiger partial charge in [-0.3, -0.25) is 19.4 Å². The Balaban J connectivity index is 1.60. The van der Waals surface area contributed by atoms with Gasteiger partial charge in [-0.15, -0.1) is 0 Å². The van der Waals surface area contributed by atoms with Gasteiger partial charge in [0.15, 0.2) is 0 Å². The lowest BCUT2D eigenvalue weighted by Crippen LogP contribution is -2.41. The molecular formula is C22H27N5O4. The topological polar surface area (TPSA) is 116 Å². The molecule has 2 atom stereocenters. The number of nitrogens with zero attached hydrogens (tertiary/aromatic N) is 2. The Kier molecular flexibility index (Phi) is 5.92. The van der Waals surface area contributed by atoms with E-state index in [1.807, 2.05) is 11.8 Å². The van der Waals surface area contributed by atoms with Crippen molar-refractivity contribution < 1.29 is 14.3 Å². The molecule has 1 aromatic carbocycles. The molecule has 2 aliphatic heterocycles. The number of hydrogen-bond acceptors (Lipinski definition) is 6. The first-order valence-corrected chi connectivity index (χ1v) is 10.7. The lowest BCUT2D eigenvalue weighted by atomic mass is 9.92. The standard InChI is InChI=1S/C22H27N5O4/c1-3-31-15-9-7-14(8-10-15)23-20(29)16-12-17(28)24-19-18(16)21(30)26-22(25-19)27-11-5-4-6-13(27)2/h7-10,13,16H,3-6,11-12H2,1-2H3,(H,23,29)(H2,24,25,26,28,30). The molecule has 9 nitrogen and oxygen atoms in total. The summed E-state index contributed by atoms with van der Waals surface area (Å²) in [6.07, 6.45) is 3.06. The van der Waals surface area contributed by atoms with Gasteiger partial charge in [0, 0.05) is 24.7 Å². The van der Waals surface area contributed by atoms with Crippen LogP contribution in [0.15, 0.2) is 29.1 Å². The predicted octanol–water partition coefficient (Wildman–Crippen LogP) is 2.61. The SMILES string of the molecule is CCOc1ccc(NC(=O)C2CC(=O)Nc3nc(N4CCCCC4C)[nH]c(=O)c32)cc1. The van der Waals surface area contributed by atoms with Crippen molar-refractivity contribution in [2.24, 2.45) is 0 Å². The van der Waals surface area contributed by atoms with Gasteiger partial charge in [0.1, 0.15) is 11.6 Å². The Hall–Kier alpha value is -3.36. The minimum absolute atomic E-state index is 0.111. The molecule has 1 fully saturated rings. The van der Waals surface area contributed by atoms with Crippen molar-refractivity contribution in [1.29, 1.82) is 0 Å². The Morgan fingerprint density at radius 2 is 2.03 bits per heavy atom. The van der Waals surface area contributed by atoms with E-state index in [-0.39, 0.29) is 29.8 Å². The van der Waals surface area contributed by atoms with Gasteiger partial charge >= 0.3 is 0 Å². The highest BCUT2D eigenvalue weighted by Gasteiger charge is 2.35. The summed E-state index contributed by atoms with van der Waals surface area (Å²) in [5, 5.41) is 5.46. The number of carbonyl (C=O) groups excluding carboxylic acids is 2. The molecule has 3 N–H and O–H groups in total. The second-order valence-corrected chi connectivity index (χ2v) is 7.94. The van der Waals surface area contributed by atoms with Crippen molar-refractivity contribution in [2.45, 2.75) is 51.5 Å². The van der Waals surface area contributed by atoms with Crippen LogP contribution >= 0.6 is 0 Å². The molecule has 0 saturated carbocycles. The molecule has 1 aromatic heterocycles. The molecule has 2 aromatic rings. The lowest BCUT2D eigenvalue weighted by Gasteiger charge is -2.34. The van der Waals surface area contributed by atoms with Crippen LogP contribution in [0.1, 0.15) is 51.0 Å². The van der Waals surface area contributed by atoms with E-state index in [0.717, 1.165) is 25.8 Å². The molecule has 2 aliphatic rings. The first-order valence-electron chi connectivity index (χ1n) is 10.7. The second kappa shape index (κ2) is 8.79. The van der Waals surface area contributed by atoms with E-state index in [1.54, 1.807) is 24.3 Å². The highest BCUT2D eigenvalue weighted by atomic mass is 16.5. The Bertz CT molecular complexity index is 1030. The van der Waals surface area contributed by atoms with Crippen molar-refractivity contribution in [2.75, 3.05) is 28.7 Å². The van der Waals surface area contributed by atoms with Crippen LogP contribution in [0.25, 0.3) is 0 Å². The number of hydrogen-bond donors (Lipinski definition) is 3. The third-order valence-electron chi connectivity index (χ3n) is 5.76. The van der Waals surface area contributed by atoms with Gasteiger partial charge in [-0.25, -0.2) is 0 Å². The minimum atomic E-state index is -0.917. The van der Waals surface area contributed by atoms with Gasteiger partial charge in [0.2, 0.25) is 17.8 Å². The Morgan fingerprint density at radius 3 is 2.74 bits per heavy atom. The van der Waals surface area contributed by atoms with Crippen molar-refractivity contribution >= 4 is 29.3 Å². The first-order chi connectivity index (χ1) is 15.0. The summed E-state index contributed by atoms with van der Waals surface area (Å²) in [5.41, 5.74) is 0.352. The van der Waals surface area contributed by atoms with Crippen LogP contribution in [0.3, 0.4) is 0 Å². The number of carbonyl (C=O) groups is 2. The number of aromatic nitrogens is 2. The number of benzene rings is 1. The lowest BCUT2D eigenvalue weighted by molar-refractivity contribution is -0.123. The zero-order valence-electron chi connectivity index (χ0n) is 17.7. The highest BCUT2D eigenvalue weighted by molar-refractivity contribution is 6.04. The number of amides is 2. The van der Waals surface area contributed by atoms with Crippen molar-refractivity contribution in [3.63, 3.8) is 0 Å². The van der Waals surface area contributed by atoms with Crippen LogP contribution < -0.4 is 25.8 Å². The zero-order chi connectivity index (χ0) is 22.0. The van der Waals surface area contributed by atoms with Crippen LogP contribution in [-0.2, 0) is 9.59 Å². The van der Waals surface area contributed by atoms with Crippen molar-refractivity contribution in [3.8, 4) is 5.75 Å². The van der Waals surface area contributed by atoms with Crippen LogP contribution in [0.4, 0.5) is 17.5 Å². The van der Waals surface area contributed by atoms with E-state index < -0.39 is 17.4 Å². The largest absolute Gasteiger partial charge is 0.494 e. The number of ether oxygens (including phenoxy) is 1. The third kappa shape index (κ3) is 4.40. The molecule has 0 radical (unpaired) electrons. The summed E-state index contributed by atoms with van der Waals surface area (Å²) < 4.78 is 5.40. The van der Waals surface area contributed by atoms with Crippen LogP contribution in [0.5, 0.6) is 5.75 Å². The number of piperidine rings is 1. The summed E-state index contributed by atoms with van der Waals surface area (Å²) in [4.78, 5) is 47.6.